The molecule has 0 spiro atoms. The zero-order valence-corrected chi connectivity index (χ0v) is 7.84. The highest BCUT2D eigenvalue weighted by Crippen LogP contribution is 2.41. The first kappa shape index (κ1) is 7.60. The third kappa shape index (κ3) is 1.10. The number of hydrogen-bond donors (Lipinski definition) is 0. The molecule has 0 amide bonds. The molecule has 1 aliphatic carbocycles. The van der Waals surface area contributed by atoms with Gasteiger partial charge in [-0.05, 0) is 19.3 Å². The first-order valence-corrected chi connectivity index (χ1v) is 5.09. The fraction of sp³-hybridized carbons (Fsp3) is 1.00. The van der Waals surface area contributed by atoms with Gasteiger partial charge in [-0.25, -0.2) is 0 Å². The summed E-state index contributed by atoms with van der Waals surface area (Å²) in [6.07, 6.45) is 5.94. The van der Waals surface area contributed by atoms with Crippen LogP contribution in [0.4, 0.5) is 0 Å². The summed E-state index contributed by atoms with van der Waals surface area (Å²) < 4.78 is 1.40. The summed E-state index contributed by atoms with van der Waals surface area (Å²) in [6, 6.07) is 1.04. The Kier molecular flexibility index (Phi) is 1.71. The van der Waals surface area contributed by atoms with E-state index in [-0.39, 0.29) is 0 Å². The third-order valence-electron chi connectivity index (χ3n) is 3.80. The predicted octanol–water partition coefficient (Wildman–Crippen LogP) is 2.03. The molecular weight excluding hydrogens is 134 g/mol. The van der Waals surface area contributed by atoms with E-state index in [4.69, 9.17) is 0 Å². The molecule has 1 saturated heterocycles. The molecule has 2 fully saturated rings. The molecule has 0 aromatic heterocycles. The molecule has 3 atom stereocenters. The van der Waals surface area contributed by atoms with Crippen LogP contribution in [0, 0.1) is 5.92 Å². The summed E-state index contributed by atoms with van der Waals surface area (Å²) in [4.78, 5) is 0. The Morgan fingerprint density at radius 3 is 2.64 bits per heavy atom. The van der Waals surface area contributed by atoms with Crippen LogP contribution in [0.5, 0.6) is 0 Å². The van der Waals surface area contributed by atoms with E-state index in [1.807, 2.05) is 0 Å². The molecule has 64 valence electrons. The molecule has 0 radical (unpaired) electrons. The van der Waals surface area contributed by atoms with Crippen LogP contribution in [0.25, 0.3) is 0 Å². The molecule has 1 heteroatoms. The lowest BCUT2D eigenvalue weighted by Crippen LogP contribution is -2.50. The maximum atomic E-state index is 2.47. The molecule has 2 bridgehead atoms. The van der Waals surface area contributed by atoms with Crippen LogP contribution in [0.3, 0.4) is 0 Å². The van der Waals surface area contributed by atoms with Crippen molar-refractivity contribution >= 4 is 0 Å². The van der Waals surface area contributed by atoms with Gasteiger partial charge in [-0.2, -0.15) is 0 Å². The fourth-order valence-corrected chi connectivity index (χ4v) is 3.30. The smallest absolute Gasteiger partial charge is 0.0893 e. The van der Waals surface area contributed by atoms with Gasteiger partial charge in [0.1, 0.15) is 0 Å². The van der Waals surface area contributed by atoms with Crippen LogP contribution in [0.15, 0.2) is 0 Å². The Balaban J connectivity index is 2.04. The van der Waals surface area contributed by atoms with Gasteiger partial charge in [-0.1, -0.05) is 6.92 Å². The van der Waals surface area contributed by atoms with E-state index in [1.54, 1.807) is 0 Å². The highest BCUT2D eigenvalue weighted by atomic mass is 15.4. The molecule has 0 aromatic carbocycles. The summed E-state index contributed by atoms with van der Waals surface area (Å²) >= 11 is 0. The van der Waals surface area contributed by atoms with Gasteiger partial charge >= 0.3 is 0 Å². The second-order valence-electron chi connectivity index (χ2n) is 4.72. The summed E-state index contributed by atoms with van der Waals surface area (Å²) in [5, 5.41) is 0. The van der Waals surface area contributed by atoms with E-state index < -0.39 is 0 Å². The van der Waals surface area contributed by atoms with Crippen molar-refractivity contribution in [1.82, 2.24) is 0 Å². The van der Waals surface area contributed by atoms with Crippen molar-refractivity contribution in [2.24, 2.45) is 5.92 Å². The molecular formula is C10H20N+. The number of likely N-dealkylation sites (tertiary alicyclic amines) is 1. The van der Waals surface area contributed by atoms with E-state index in [0.717, 1.165) is 12.0 Å². The Bertz CT molecular complexity index is 155. The predicted molar refractivity (Wildman–Crippen MR) is 47.3 cm³/mol. The van der Waals surface area contributed by atoms with Gasteiger partial charge in [-0.15, -0.1) is 0 Å². The zero-order valence-electron chi connectivity index (χ0n) is 7.84. The van der Waals surface area contributed by atoms with Crippen molar-refractivity contribution in [3.8, 4) is 0 Å². The minimum absolute atomic E-state index is 1.04. The van der Waals surface area contributed by atoms with E-state index in [1.165, 1.54) is 43.3 Å². The van der Waals surface area contributed by atoms with Gasteiger partial charge in [-0.3, -0.25) is 0 Å². The number of fused-ring (bicyclic) bond motifs is 2. The molecule has 2 aliphatic rings. The van der Waals surface area contributed by atoms with Gasteiger partial charge in [0.25, 0.3) is 0 Å². The summed E-state index contributed by atoms with van der Waals surface area (Å²) in [5.41, 5.74) is 0. The summed E-state index contributed by atoms with van der Waals surface area (Å²) in [6.45, 7) is 5.22. The fourth-order valence-electron chi connectivity index (χ4n) is 3.30. The van der Waals surface area contributed by atoms with E-state index >= 15 is 0 Å². The van der Waals surface area contributed by atoms with Crippen molar-refractivity contribution in [3.63, 3.8) is 0 Å². The highest BCUT2D eigenvalue weighted by molar-refractivity contribution is 4.83. The normalized spacial score (nSPS) is 48.5. The minimum atomic E-state index is 1.04. The molecule has 11 heavy (non-hydrogen) atoms. The first-order valence-electron chi connectivity index (χ1n) is 5.09. The van der Waals surface area contributed by atoms with Crippen molar-refractivity contribution in [1.29, 1.82) is 0 Å². The van der Waals surface area contributed by atoms with Crippen LogP contribution in [0.1, 0.15) is 32.6 Å². The van der Waals surface area contributed by atoms with Crippen molar-refractivity contribution < 1.29 is 4.48 Å². The maximum Gasteiger partial charge on any atom is 0.0893 e. The van der Waals surface area contributed by atoms with Crippen molar-refractivity contribution in [2.45, 2.75) is 38.6 Å². The summed E-state index contributed by atoms with van der Waals surface area (Å²) in [7, 11) is 2.47. The molecule has 1 nitrogen and oxygen atoms in total. The van der Waals surface area contributed by atoms with Gasteiger partial charge < -0.3 is 4.48 Å². The van der Waals surface area contributed by atoms with Crippen LogP contribution in [-0.4, -0.2) is 30.7 Å². The Hall–Kier alpha value is -0.0400. The second-order valence-corrected chi connectivity index (χ2v) is 4.72. The standard InChI is InChI=1S/C10H20N/c1-3-6-11(2)8-9-4-5-10(11)7-9/h9-10H,3-8H2,1-2H3/q+1/t9?,10-,11?/m0/s1. The Morgan fingerprint density at radius 2 is 2.18 bits per heavy atom. The number of piperidine rings is 1. The Morgan fingerprint density at radius 1 is 1.36 bits per heavy atom. The molecule has 2 unspecified atom stereocenters. The van der Waals surface area contributed by atoms with Crippen LogP contribution in [-0.2, 0) is 0 Å². The second kappa shape index (κ2) is 2.48. The summed E-state index contributed by atoms with van der Waals surface area (Å²) in [5.74, 6) is 1.09. The molecule has 0 aromatic rings. The average Bonchev–Trinajstić information content (AvgIpc) is 2.45. The van der Waals surface area contributed by atoms with Gasteiger partial charge in [0.2, 0.25) is 0 Å². The van der Waals surface area contributed by atoms with Gasteiger partial charge in [0.05, 0.1) is 26.2 Å². The van der Waals surface area contributed by atoms with Crippen molar-refractivity contribution in [2.75, 3.05) is 20.1 Å². The van der Waals surface area contributed by atoms with Crippen LogP contribution in [0.2, 0.25) is 0 Å². The third-order valence-corrected chi connectivity index (χ3v) is 3.80. The van der Waals surface area contributed by atoms with Crippen LogP contribution >= 0.6 is 0 Å². The minimum Gasteiger partial charge on any atom is -0.323 e. The molecule has 1 heterocycles. The lowest BCUT2D eigenvalue weighted by Gasteiger charge is -2.38. The zero-order chi connectivity index (χ0) is 7.90. The lowest BCUT2D eigenvalue weighted by atomic mass is 10.1. The quantitative estimate of drug-likeness (QED) is 0.534. The SMILES string of the molecule is CCC[N+]1(C)CC2CC[C@H]1C2. The number of hydrogen-bond acceptors (Lipinski definition) is 0. The number of rotatable bonds is 2. The van der Waals surface area contributed by atoms with Gasteiger partial charge in [0.15, 0.2) is 0 Å². The first-order chi connectivity index (χ1) is 5.24. The topological polar surface area (TPSA) is 0 Å². The largest absolute Gasteiger partial charge is 0.323 e. The van der Waals surface area contributed by atoms with Crippen molar-refractivity contribution in [3.05, 3.63) is 0 Å². The average molecular weight is 154 g/mol. The van der Waals surface area contributed by atoms with E-state index in [0.29, 0.717) is 0 Å². The molecule has 1 saturated carbocycles. The van der Waals surface area contributed by atoms with Crippen LogP contribution < -0.4 is 0 Å². The monoisotopic (exact) mass is 154 g/mol. The molecule has 0 N–H and O–H groups in total. The lowest BCUT2D eigenvalue weighted by molar-refractivity contribution is -0.925. The van der Waals surface area contributed by atoms with E-state index in [9.17, 15) is 0 Å². The Labute approximate surface area is 70.0 Å². The van der Waals surface area contributed by atoms with E-state index in [2.05, 4.69) is 14.0 Å². The number of quaternary nitrogens is 1. The molecule has 2 rings (SSSR count). The maximum absolute atomic E-state index is 2.47. The van der Waals surface area contributed by atoms with Gasteiger partial charge in [0, 0.05) is 12.3 Å². The number of nitrogens with zero attached hydrogens (tertiary/aromatic N) is 1. The highest BCUT2D eigenvalue weighted by Gasteiger charge is 2.47. The molecule has 1 aliphatic heterocycles.